The number of cyclic esters (lactones) is 1. The van der Waals surface area contributed by atoms with Crippen LogP contribution in [0.5, 0.6) is 0 Å². The monoisotopic (exact) mass is 912 g/mol. The van der Waals surface area contributed by atoms with Crippen LogP contribution in [0.15, 0.2) is 47.6 Å². The number of fused-ring (bicyclic) bond motifs is 3. The molecule has 1 amide bonds. The van der Waals surface area contributed by atoms with Gasteiger partial charge in [-0.2, -0.15) is 0 Å². The summed E-state index contributed by atoms with van der Waals surface area (Å²) in [6, 6.07) is -1.11. The molecule has 65 heavy (non-hydrogen) atoms. The first kappa shape index (κ1) is 54.3. The Balaban J connectivity index is 1.70. The molecule has 0 radical (unpaired) electrons. The van der Waals surface area contributed by atoms with Gasteiger partial charge in [0, 0.05) is 58.5 Å². The number of amides is 1. The van der Waals surface area contributed by atoms with Gasteiger partial charge in [0.15, 0.2) is 5.78 Å². The van der Waals surface area contributed by atoms with Crippen LogP contribution in [0.25, 0.3) is 0 Å². The molecule has 15 atom stereocenters. The first-order chi connectivity index (χ1) is 30.7. The van der Waals surface area contributed by atoms with Gasteiger partial charge in [0.25, 0.3) is 11.7 Å². The minimum absolute atomic E-state index is 0.0304. The summed E-state index contributed by atoms with van der Waals surface area (Å²) in [5, 5.41) is 23.4. The fourth-order valence-corrected chi connectivity index (χ4v) is 10.4. The number of ether oxygens (including phenoxy) is 5. The predicted octanol–water partition coefficient (Wildman–Crippen LogP) is 7.46. The van der Waals surface area contributed by atoms with E-state index in [0.717, 1.165) is 24.8 Å². The van der Waals surface area contributed by atoms with Crippen LogP contribution in [0.4, 0.5) is 0 Å². The third kappa shape index (κ3) is 14.3. The molecule has 1 saturated carbocycles. The average Bonchev–Trinajstić information content (AvgIpc) is 3.28. The average molecular weight is 912 g/mol. The van der Waals surface area contributed by atoms with Crippen LogP contribution < -0.4 is 0 Å². The number of methoxy groups -OCH3 is 3. The first-order valence-electron chi connectivity index (χ1n) is 24.2. The molecule has 3 heterocycles. The second-order valence-corrected chi connectivity index (χ2v) is 20.0. The van der Waals surface area contributed by atoms with E-state index >= 15 is 0 Å². The molecule has 3 fully saturated rings. The second-order valence-electron chi connectivity index (χ2n) is 20.0. The molecule has 0 aromatic rings. The molecule has 2 saturated heterocycles. The molecular formula is C52H81NO12. The smallest absolute Gasteiger partial charge is 0.329 e. The van der Waals surface area contributed by atoms with Crippen LogP contribution >= 0.6 is 0 Å². The largest absolute Gasteiger partial charge is 0.460 e. The number of nitrogens with zero attached hydrogens (tertiary/aromatic N) is 1. The topological polar surface area (TPSA) is 175 Å². The summed E-state index contributed by atoms with van der Waals surface area (Å²) >= 11 is 0. The number of ketones is 3. The molecule has 2 N–H and O–H groups in total. The predicted molar refractivity (Wildman–Crippen MR) is 248 cm³/mol. The molecule has 4 rings (SSSR count). The lowest BCUT2D eigenvalue weighted by molar-refractivity contribution is -0.265. The Morgan fingerprint density at radius 3 is 2.25 bits per heavy atom. The van der Waals surface area contributed by atoms with Crippen molar-refractivity contribution in [3.05, 3.63) is 47.6 Å². The number of Topliss-reactive ketones (excluding diaryl/α,β-unsaturated/α-hetero) is 3. The van der Waals surface area contributed by atoms with E-state index in [2.05, 4.69) is 6.92 Å². The number of rotatable bonds is 6. The van der Waals surface area contributed by atoms with Gasteiger partial charge in [-0.15, -0.1) is 0 Å². The number of hydrogen-bond acceptors (Lipinski definition) is 12. The van der Waals surface area contributed by atoms with Gasteiger partial charge < -0.3 is 38.8 Å². The van der Waals surface area contributed by atoms with Gasteiger partial charge in [-0.3, -0.25) is 19.2 Å². The summed E-state index contributed by atoms with van der Waals surface area (Å²) in [6.45, 7) is 15.1. The number of aliphatic hydroxyl groups is 2. The zero-order valence-electron chi connectivity index (χ0n) is 41.2. The number of hydrogen-bond donors (Lipinski definition) is 2. The molecule has 0 aromatic carbocycles. The summed E-state index contributed by atoms with van der Waals surface area (Å²) in [5.41, 5.74) is 1.30. The molecule has 3 aliphatic heterocycles. The highest BCUT2D eigenvalue weighted by Crippen LogP contribution is 2.38. The van der Waals surface area contributed by atoms with E-state index < -0.39 is 77.8 Å². The number of carbonyl (C=O) groups is 5. The van der Waals surface area contributed by atoms with Crippen LogP contribution in [0.3, 0.4) is 0 Å². The number of carbonyl (C=O) groups excluding carboxylic acids is 5. The first-order valence-corrected chi connectivity index (χ1v) is 24.2. The van der Waals surface area contributed by atoms with E-state index in [1.807, 2.05) is 58.1 Å². The molecule has 1 aliphatic carbocycles. The van der Waals surface area contributed by atoms with Crippen LogP contribution in [-0.4, -0.2) is 121 Å². The Morgan fingerprint density at radius 2 is 1.57 bits per heavy atom. The minimum atomic E-state index is -2.41. The Morgan fingerprint density at radius 1 is 0.846 bits per heavy atom. The molecule has 4 aliphatic rings. The SMILES string of the molecule is CO[C@H]1C[C@@H]2CC[C@@H](C)[C@@](O)(O2)C(=O)C(=O)N2CCCC[C@H]2C(=O)OC([C@H](C)CC2CC[C@@H](C)[C@H](OC)C2)CC(=O)[C@H](C)/C=C(\C)[C@@H](O)[C@@H](OC)C(=O)[C@H](C)C[C@H](C)/C=C/C=CC=C1C. The van der Waals surface area contributed by atoms with Gasteiger partial charge in [-0.1, -0.05) is 78.0 Å². The Bertz CT molecular complexity index is 1750. The number of esters is 1. The van der Waals surface area contributed by atoms with Crippen molar-refractivity contribution in [1.82, 2.24) is 4.90 Å². The Kier molecular flexibility index (Phi) is 21.0. The zero-order chi connectivity index (χ0) is 48.2. The molecule has 13 heteroatoms. The van der Waals surface area contributed by atoms with Crippen LogP contribution in [0, 0.1) is 41.4 Å². The van der Waals surface area contributed by atoms with Crippen LogP contribution in [0.2, 0.25) is 0 Å². The molecule has 366 valence electrons. The summed E-state index contributed by atoms with van der Waals surface area (Å²) in [7, 11) is 4.70. The lowest BCUT2D eigenvalue weighted by Gasteiger charge is -2.42. The quantitative estimate of drug-likeness (QED) is 0.153. The van der Waals surface area contributed by atoms with Gasteiger partial charge in [-0.25, -0.2) is 4.79 Å². The Hall–Kier alpha value is -3.33. The fourth-order valence-electron chi connectivity index (χ4n) is 10.4. The third-order valence-corrected chi connectivity index (χ3v) is 14.8. The lowest BCUT2D eigenvalue weighted by atomic mass is 9.76. The maximum Gasteiger partial charge on any atom is 0.329 e. The van der Waals surface area contributed by atoms with Crippen molar-refractivity contribution in [1.29, 1.82) is 0 Å². The van der Waals surface area contributed by atoms with Crippen molar-refractivity contribution in [3.63, 3.8) is 0 Å². The molecule has 0 spiro atoms. The van der Waals surface area contributed by atoms with Crippen molar-refractivity contribution >= 4 is 29.2 Å². The van der Waals surface area contributed by atoms with E-state index in [0.29, 0.717) is 56.4 Å². The molecule has 13 nitrogen and oxygen atoms in total. The Labute approximate surface area is 388 Å². The van der Waals surface area contributed by atoms with Crippen LogP contribution in [-0.2, 0) is 47.7 Å². The minimum Gasteiger partial charge on any atom is -0.460 e. The van der Waals surface area contributed by atoms with E-state index in [9.17, 15) is 34.2 Å². The third-order valence-electron chi connectivity index (χ3n) is 14.8. The van der Waals surface area contributed by atoms with E-state index in [1.165, 1.54) is 12.0 Å². The van der Waals surface area contributed by atoms with E-state index in [1.54, 1.807) is 41.1 Å². The number of allylic oxidation sites excluding steroid dienone is 6. The number of aliphatic hydroxyl groups excluding tert-OH is 1. The van der Waals surface area contributed by atoms with Gasteiger partial charge in [0.1, 0.15) is 30.1 Å². The van der Waals surface area contributed by atoms with E-state index in [-0.39, 0.29) is 54.8 Å². The summed E-state index contributed by atoms with van der Waals surface area (Å²) in [5.74, 6) is -7.07. The lowest BCUT2D eigenvalue weighted by Crippen LogP contribution is -2.61. The molecule has 2 bridgehead atoms. The molecule has 2 unspecified atom stereocenters. The van der Waals surface area contributed by atoms with Crippen molar-refractivity contribution in [2.75, 3.05) is 27.9 Å². The van der Waals surface area contributed by atoms with Crippen molar-refractivity contribution in [2.45, 2.75) is 181 Å². The van der Waals surface area contributed by atoms with Gasteiger partial charge in [0.05, 0.1) is 18.3 Å². The highest BCUT2D eigenvalue weighted by molar-refractivity contribution is 6.39. The summed E-state index contributed by atoms with van der Waals surface area (Å²) < 4.78 is 29.7. The molecule has 0 aromatic heterocycles. The van der Waals surface area contributed by atoms with Crippen LogP contribution in [0.1, 0.15) is 132 Å². The van der Waals surface area contributed by atoms with Crippen molar-refractivity contribution < 1.29 is 57.9 Å². The maximum atomic E-state index is 14.4. The summed E-state index contributed by atoms with van der Waals surface area (Å²) in [6.07, 6.45) is 13.6. The normalized spacial score (nSPS) is 39.1. The van der Waals surface area contributed by atoms with Crippen molar-refractivity contribution in [2.24, 2.45) is 41.4 Å². The van der Waals surface area contributed by atoms with Gasteiger partial charge in [-0.05, 0) is 113 Å². The standard InChI is InChI=1S/C52H81NO12/c1-31-17-13-12-14-18-32(2)44(62-10)29-40-23-21-38(8)52(60,65-40)49(57)50(58)53-24-16-15-19-41(53)51(59)64-45(35(5)27-39-22-20-33(3)43(28-39)61-9)30-42(54)34(4)26-37(7)47(56)48(63-11)46(55)36(6)25-31/h12-14,17-18,26,31,33-36,38-41,43-45,47-48,56,60H,15-16,19-25,27-30H2,1-11H3/b14-12?,17-13+,32-18?,37-26+/t31-,33-,34-,35-,36-,38-,39?,40+,41+,43-,44+,45?,47-,48+,52-/m1/s1. The second kappa shape index (κ2) is 25.2. The van der Waals surface area contributed by atoms with Crippen molar-refractivity contribution in [3.8, 4) is 0 Å². The van der Waals surface area contributed by atoms with E-state index in [4.69, 9.17) is 23.7 Å². The molecular weight excluding hydrogens is 831 g/mol. The zero-order valence-corrected chi connectivity index (χ0v) is 41.2. The maximum absolute atomic E-state index is 14.4. The number of piperidine rings is 1. The summed E-state index contributed by atoms with van der Waals surface area (Å²) in [4.78, 5) is 71.9. The highest BCUT2D eigenvalue weighted by Gasteiger charge is 2.53. The fraction of sp³-hybridized carbons (Fsp3) is 0.750. The van der Waals surface area contributed by atoms with Gasteiger partial charge >= 0.3 is 5.97 Å². The highest BCUT2D eigenvalue weighted by atomic mass is 16.6. The van der Waals surface area contributed by atoms with Gasteiger partial charge in [0.2, 0.25) is 5.79 Å².